The molecule has 11 nitrogen and oxygen atoms in total. The summed E-state index contributed by atoms with van der Waals surface area (Å²) in [5.41, 5.74) is 13.8. The lowest BCUT2D eigenvalue weighted by molar-refractivity contribution is 0.514. The van der Waals surface area contributed by atoms with E-state index in [1.165, 1.54) is 20.2 Å². The summed E-state index contributed by atoms with van der Waals surface area (Å²) in [4.78, 5) is 13.2. The van der Waals surface area contributed by atoms with Gasteiger partial charge in [-0.2, -0.15) is 17.8 Å². The summed E-state index contributed by atoms with van der Waals surface area (Å²) in [5, 5.41) is 5.21. The van der Waals surface area contributed by atoms with E-state index in [0.29, 0.717) is 28.7 Å². The molecule has 13 heteroatoms. The number of aromatic nitrogens is 5. The molecule has 4 rings (SSSR count). The minimum atomic E-state index is -3.89. The van der Waals surface area contributed by atoms with Crippen LogP contribution in [0.2, 0.25) is 0 Å². The van der Waals surface area contributed by atoms with Crippen LogP contribution < -0.4 is 15.8 Å². The summed E-state index contributed by atoms with van der Waals surface area (Å²) < 4.78 is 44.1. The second-order valence-corrected chi connectivity index (χ2v) is 10.4. The molecule has 4 N–H and O–H groups in total. The van der Waals surface area contributed by atoms with Gasteiger partial charge in [-0.3, -0.25) is 4.31 Å². The van der Waals surface area contributed by atoms with E-state index in [9.17, 15) is 12.8 Å². The minimum Gasteiger partial charge on any atom is -0.382 e. The monoisotopic (exact) mass is 513 g/mol. The molecule has 0 aliphatic carbocycles. The number of unbranched alkanes of at least 4 members (excludes halogenated alkanes) is 1. The molecular formula is C23H28FN9O2S. The first-order chi connectivity index (χ1) is 17.1. The molecule has 3 heterocycles. The molecule has 1 aromatic carbocycles. The molecule has 0 spiro atoms. The van der Waals surface area contributed by atoms with E-state index < -0.39 is 10.2 Å². The third-order valence-corrected chi connectivity index (χ3v) is 7.48. The van der Waals surface area contributed by atoms with E-state index in [4.69, 9.17) is 11.5 Å². The lowest BCUT2D eigenvalue weighted by atomic mass is 10.2. The number of rotatable bonds is 9. The SMILES string of the molecule is CCCCN(c1c(N)nc(-c2nn(Cc3ccccc3F)c3ncccc23)nc1N)S(=O)(=O)N(C)C. The van der Waals surface area contributed by atoms with Crippen LogP contribution in [-0.4, -0.2) is 58.1 Å². The van der Waals surface area contributed by atoms with Crippen LogP contribution in [0.25, 0.3) is 22.6 Å². The molecule has 0 saturated heterocycles. The Balaban J connectivity index is 1.82. The zero-order valence-electron chi connectivity index (χ0n) is 20.3. The summed E-state index contributed by atoms with van der Waals surface area (Å²) in [6, 6.07) is 9.93. The van der Waals surface area contributed by atoms with Crippen molar-refractivity contribution in [1.29, 1.82) is 0 Å². The van der Waals surface area contributed by atoms with E-state index >= 15 is 0 Å². The van der Waals surface area contributed by atoms with Gasteiger partial charge in [0.2, 0.25) is 0 Å². The Labute approximate surface area is 208 Å². The van der Waals surface area contributed by atoms with Crippen molar-refractivity contribution in [3.63, 3.8) is 0 Å². The van der Waals surface area contributed by atoms with E-state index in [1.54, 1.807) is 41.2 Å². The topological polar surface area (TPSA) is 149 Å². The highest BCUT2D eigenvalue weighted by Crippen LogP contribution is 2.34. The average Bonchev–Trinajstić information content (AvgIpc) is 3.20. The van der Waals surface area contributed by atoms with Crippen molar-refractivity contribution in [2.24, 2.45) is 0 Å². The van der Waals surface area contributed by atoms with Crippen molar-refractivity contribution >= 4 is 38.6 Å². The lowest BCUT2D eigenvalue weighted by Crippen LogP contribution is -2.41. The van der Waals surface area contributed by atoms with Crippen molar-refractivity contribution in [3.05, 3.63) is 54.0 Å². The van der Waals surface area contributed by atoms with Gasteiger partial charge in [-0.15, -0.1) is 0 Å². The highest BCUT2D eigenvalue weighted by molar-refractivity contribution is 7.90. The van der Waals surface area contributed by atoms with Gasteiger partial charge in [0.05, 0.1) is 11.9 Å². The summed E-state index contributed by atoms with van der Waals surface area (Å²) in [5.74, 6) is -0.446. The molecule has 0 aliphatic rings. The van der Waals surface area contributed by atoms with Crippen LogP contribution in [0.4, 0.5) is 21.7 Å². The van der Waals surface area contributed by atoms with Gasteiger partial charge < -0.3 is 11.5 Å². The first kappa shape index (κ1) is 25.3. The fraction of sp³-hybridized carbons (Fsp3) is 0.304. The Kier molecular flexibility index (Phi) is 7.04. The molecule has 0 atom stereocenters. The van der Waals surface area contributed by atoms with Crippen LogP contribution in [0, 0.1) is 5.82 Å². The zero-order chi connectivity index (χ0) is 26.0. The van der Waals surface area contributed by atoms with Crippen LogP contribution in [0.5, 0.6) is 0 Å². The fourth-order valence-electron chi connectivity index (χ4n) is 3.77. The van der Waals surface area contributed by atoms with E-state index in [1.807, 2.05) is 6.92 Å². The van der Waals surface area contributed by atoms with Crippen LogP contribution in [0.15, 0.2) is 42.6 Å². The number of halogens is 1. The summed E-state index contributed by atoms with van der Waals surface area (Å²) in [6.07, 6.45) is 2.96. The lowest BCUT2D eigenvalue weighted by Gasteiger charge is -2.28. The Bertz CT molecular complexity index is 1480. The minimum absolute atomic E-state index is 0.0223. The predicted molar refractivity (Wildman–Crippen MR) is 138 cm³/mol. The molecule has 4 aromatic rings. The van der Waals surface area contributed by atoms with Gasteiger partial charge in [-0.25, -0.2) is 24.0 Å². The number of benzene rings is 1. The van der Waals surface area contributed by atoms with Crippen LogP contribution >= 0.6 is 0 Å². The highest BCUT2D eigenvalue weighted by Gasteiger charge is 2.30. The van der Waals surface area contributed by atoms with E-state index in [2.05, 4.69) is 20.1 Å². The highest BCUT2D eigenvalue weighted by atomic mass is 32.2. The maximum Gasteiger partial charge on any atom is 0.303 e. The number of nitrogen functional groups attached to an aromatic ring is 2. The van der Waals surface area contributed by atoms with E-state index in [0.717, 1.165) is 15.0 Å². The van der Waals surface area contributed by atoms with Crippen LogP contribution in [0.1, 0.15) is 25.3 Å². The summed E-state index contributed by atoms with van der Waals surface area (Å²) in [6.45, 7) is 2.25. The number of nitrogens with zero attached hydrogens (tertiary/aromatic N) is 7. The summed E-state index contributed by atoms with van der Waals surface area (Å²) in [7, 11) is -1.04. The molecule has 0 radical (unpaired) electrons. The Morgan fingerprint density at radius 1 is 1.06 bits per heavy atom. The largest absolute Gasteiger partial charge is 0.382 e. The second kappa shape index (κ2) is 10.0. The quantitative estimate of drug-likeness (QED) is 0.347. The van der Waals surface area contributed by atoms with Crippen molar-refractivity contribution in [2.45, 2.75) is 26.3 Å². The van der Waals surface area contributed by atoms with Crippen LogP contribution in [-0.2, 0) is 16.8 Å². The number of pyridine rings is 1. The van der Waals surface area contributed by atoms with Gasteiger partial charge in [-0.05, 0) is 24.6 Å². The van der Waals surface area contributed by atoms with Gasteiger partial charge >= 0.3 is 10.2 Å². The van der Waals surface area contributed by atoms with Gasteiger partial charge in [-0.1, -0.05) is 31.5 Å². The molecular weight excluding hydrogens is 485 g/mol. The number of fused-ring (bicyclic) bond motifs is 1. The number of anilines is 3. The molecule has 0 fully saturated rings. The first-order valence-electron chi connectivity index (χ1n) is 11.3. The Hall–Kier alpha value is -3.84. The maximum atomic E-state index is 14.3. The van der Waals surface area contributed by atoms with Crippen molar-refractivity contribution in [2.75, 3.05) is 36.4 Å². The van der Waals surface area contributed by atoms with Gasteiger partial charge in [0, 0.05) is 32.4 Å². The smallest absolute Gasteiger partial charge is 0.303 e. The Morgan fingerprint density at radius 3 is 2.39 bits per heavy atom. The number of nitrogens with two attached hydrogens (primary N) is 2. The third-order valence-electron chi connectivity index (χ3n) is 5.64. The number of hydrogen-bond donors (Lipinski definition) is 2. The molecule has 0 unspecified atom stereocenters. The Morgan fingerprint density at radius 2 is 1.75 bits per heavy atom. The second-order valence-electron chi connectivity index (χ2n) is 8.35. The van der Waals surface area contributed by atoms with Gasteiger partial charge in [0.25, 0.3) is 0 Å². The van der Waals surface area contributed by atoms with Crippen molar-refractivity contribution < 1.29 is 12.8 Å². The van der Waals surface area contributed by atoms with E-state index in [-0.39, 0.29) is 42.1 Å². The van der Waals surface area contributed by atoms with Gasteiger partial charge in [0.1, 0.15) is 17.2 Å². The standard InChI is InChI=1S/C23H28FN9O2S/c1-4-5-13-33(36(34,35)31(2)3)19-20(25)28-22(29-21(19)26)18-16-10-8-12-27-23(16)32(30-18)14-15-9-6-7-11-17(15)24/h6-12H,4-5,13-14H2,1-3H3,(H4,25,26,28,29). The number of hydrogen-bond acceptors (Lipinski definition) is 8. The molecule has 0 saturated carbocycles. The summed E-state index contributed by atoms with van der Waals surface area (Å²) >= 11 is 0. The van der Waals surface area contributed by atoms with Crippen molar-refractivity contribution in [1.82, 2.24) is 29.0 Å². The molecule has 0 amide bonds. The molecule has 36 heavy (non-hydrogen) atoms. The molecule has 0 bridgehead atoms. The first-order valence-corrected chi connectivity index (χ1v) is 12.7. The average molecular weight is 514 g/mol. The predicted octanol–water partition coefficient (Wildman–Crippen LogP) is 2.65. The fourth-order valence-corrected chi connectivity index (χ4v) is 4.94. The molecule has 0 aliphatic heterocycles. The molecule has 3 aromatic heterocycles. The van der Waals surface area contributed by atoms with Crippen LogP contribution in [0.3, 0.4) is 0 Å². The molecule has 190 valence electrons. The maximum absolute atomic E-state index is 14.3. The normalized spacial score (nSPS) is 11.9. The third kappa shape index (κ3) is 4.66. The zero-order valence-corrected chi connectivity index (χ0v) is 21.1. The van der Waals surface area contributed by atoms with Gasteiger partial charge in [0.15, 0.2) is 23.1 Å². The van der Waals surface area contributed by atoms with Crippen molar-refractivity contribution in [3.8, 4) is 11.5 Å².